The Kier molecular flexibility index (Phi) is 5.74. The van der Waals surface area contributed by atoms with Crippen LogP contribution in [-0.4, -0.2) is 18.2 Å². The van der Waals surface area contributed by atoms with Gasteiger partial charge in [0.2, 0.25) is 0 Å². The SMILES string of the molecule is C=CCOc1c(Br)cc(Br)cc1/C=C1/C(=O)N(c2ccccc2)N=C1C. The van der Waals surface area contributed by atoms with Crippen LogP contribution in [0.15, 0.2) is 74.7 Å². The highest BCUT2D eigenvalue weighted by atomic mass is 79.9. The van der Waals surface area contributed by atoms with E-state index in [2.05, 4.69) is 43.5 Å². The van der Waals surface area contributed by atoms with E-state index in [1.807, 2.05) is 49.4 Å². The third-order valence-electron chi connectivity index (χ3n) is 3.75. The second-order valence-electron chi connectivity index (χ2n) is 5.60. The molecule has 0 bridgehead atoms. The maximum absolute atomic E-state index is 12.9. The van der Waals surface area contributed by atoms with Gasteiger partial charge in [0.1, 0.15) is 12.4 Å². The number of hydrogen-bond acceptors (Lipinski definition) is 3. The molecule has 4 nitrogen and oxygen atoms in total. The molecule has 26 heavy (non-hydrogen) atoms. The van der Waals surface area contributed by atoms with Gasteiger partial charge in [0, 0.05) is 10.0 Å². The number of nitrogens with zero attached hydrogens (tertiary/aromatic N) is 2. The van der Waals surface area contributed by atoms with Crippen molar-refractivity contribution in [1.29, 1.82) is 0 Å². The van der Waals surface area contributed by atoms with Crippen LogP contribution in [0, 0.1) is 0 Å². The molecule has 0 spiro atoms. The first-order valence-corrected chi connectivity index (χ1v) is 9.49. The lowest BCUT2D eigenvalue weighted by molar-refractivity contribution is -0.114. The summed E-state index contributed by atoms with van der Waals surface area (Å²) in [4.78, 5) is 12.9. The number of carbonyl (C=O) groups excluding carboxylic acids is 1. The van der Waals surface area contributed by atoms with Crippen LogP contribution < -0.4 is 9.75 Å². The zero-order valence-corrected chi connectivity index (χ0v) is 17.2. The van der Waals surface area contributed by atoms with Gasteiger partial charge in [-0.2, -0.15) is 10.1 Å². The number of halogens is 2. The summed E-state index contributed by atoms with van der Waals surface area (Å²) in [5.74, 6) is 0.485. The fourth-order valence-corrected chi connectivity index (χ4v) is 3.94. The Hall–Kier alpha value is -2.18. The fourth-order valence-electron chi connectivity index (χ4n) is 2.57. The molecule has 0 N–H and O–H groups in total. The number of carbonyl (C=O) groups is 1. The van der Waals surface area contributed by atoms with E-state index in [9.17, 15) is 4.79 Å². The Morgan fingerprint density at radius 1 is 1.23 bits per heavy atom. The van der Waals surface area contributed by atoms with Gasteiger partial charge in [-0.25, -0.2) is 0 Å². The van der Waals surface area contributed by atoms with Crippen molar-refractivity contribution in [2.24, 2.45) is 5.10 Å². The number of hydrogen-bond donors (Lipinski definition) is 0. The molecular weight excluding hydrogens is 460 g/mol. The van der Waals surface area contributed by atoms with Gasteiger partial charge in [0.05, 0.1) is 21.4 Å². The van der Waals surface area contributed by atoms with Crippen molar-refractivity contribution in [3.05, 3.63) is 75.2 Å². The molecule has 1 amide bonds. The Morgan fingerprint density at radius 3 is 2.65 bits per heavy atom. The smallest absolute Gasteiger partial charge is 0.280 e. The van der Waals surface area contributed by atoms with E-state index < -0.39 is 0 Å². The average molecular weight is 476 g/mol. The summed E-state index contributed by atoms with van der Waals surface area (Å²) in [6.07, 6.45) is 3.48. The van der Waals surface area contributed by atoms with Crippen molar-refractivity contribution in [3.8, 4) is 5.75 Å². The number of hydrazone groups is 1. The predicted molar refractivity (Wildman–Crippen MR) is 113 cm³/mol. The van der Waals surface area contributed by atoms with E-state index in [1.54, 1.807) is 12.2 Å². The maximum atomic E-state index is 12.9. The number of para-hydroxylation sites is 1. The van der Waals surface area contributed by atoms with Crippen LogP contribution in [0.25, 0.3) is 6.08 Å². The molecule has 6 heteroatoms. The lowest BCUT2D eigenvalue weighted by atomic mass is 10.1. The van der Waals surface area contributed by atoms with E-state index in [0.29, 0.717) is 23.6 Å². The third-order valence-corrected chi connectivity index (χ3v) is 4.79. The molecule has 132 valence electrons. The quantitative estimate of drug-likeness (QED) is 0.418. The van der Waals surface area contributed by atoms with Crippen LogP contribution in [-0.2, 0) is 4.79 Å². The summed E-state index contributed by atoms with van der Waals surface area (Å²) < 4.78 is 7.44. The van der Waals surface area contributed by atoms with E-state index >= 15 is 0 Å². The average Bonchev–Trinajstić information content (AvgIpc) is 2.90. The summed E-state index contributed by atoms with van der Waals surface area (Å²) in [5.41, 5.74) is 2.70. The number of benzene rings is 2. The van der Waals surface area contributed by atoms with Crippen molar-refractivity contribution < 1.29 is 9.53 Å². The molecule has 1 aliphatic heterocycles. The molecule has 2 aromatic carbocycles. The monoisotopic (exact) mass is 474 g/mol. The first-order valence-electron chi connectivity index (χ1n) is 7.90. The molecule has 3 rings (SSSR count). The lowest BCUT2D eigenvalue weighted by Gasteiger charge is -2.12. The van der Waals surface area contributed by atoms with Crippen LogP contribution in [0.5, 0.6) is 5.75 Å². The van der Waals surface area contributed by atoms with E-state index in [4.69, 9.17) is 4.74 Å². The van der Waals surface area contributed by atoms with Crippen LogP contribution >= 0.6 is 31.9 Å². The highest BCUT2D eigenvalue weighted by Gasteiger charge is 2.29. The fraction of sp³-hybridized carbons (Fsp3) is 0.100. The van der Waals surface area contributed by atoms with Crippen molar-refractivity contribution in [1.82, 2.24) is 0 Å². The van der Waals surface area contributed by atoms with Gasteiger partial charge < -0.3 is 4.74 Å². The minimum absolute atomic E-state index is 0.167. The Bertz CT molecular complexity index is 921. The third kappa shape index (κ3) is 3.81. The molecule has 0 radical (unpaired) electrons. The first-order chi connectivity index (χ1) is 12.5. The standard InChI is InChI=1S/C20H16Br2N2O2/c1-3-9-26-19-14(10-15(21)12-18(19)22)11-17-13(2)23-24(20(17)25)16-7-5-4-6-8-16/h3-8,10-12H,1,9H2,2H3/b17-11+. The summed E-state index contributed by atoms with van der Waals surface area (Å²) in [5, 5.41) is 5.82. The van der Waals surface area contributed by atoms with Gasteiger partial charge in [0.15, 0.2) is 0 Å². The first kappa shape index (κ1) is 18.6. The second-order valence-corrected chi connectivity index (χ2v) is 7.37. The number of rotatable bonds is 5. The van der Waals surface area contributed by atoms with Crippen LogP contribution in [0.4, 0.5) is 5.69 Å². The van der Waals surface area contributed by atoms with Gasteiger partial charge >= 0.3 is 0 Å². The number of amides is 1. The highest BCUT2D eigenvalue weighted by molar-refractivity contribution is 9.11. The topological polar surface area (TPSA) is 41.9 Å². The molecule has 0 saturated heterocycles. The largest absolute Gasteiger partial charge is 0.488 e. The second kappa shape index (κ2) is 8.01. The Labute approximate surface area is 169 Å². The van der Waals surface area contributed by atoms with Gasteiger partial charge in [-0.1, -0.05) is 46.8 Å². The maximum Gasteiger partial charge on any atom is 0.280 e. The van der Waals surface area contributed by atoms with Gasteiger partial charge in [-0.15, -0.1) is 0 Å². The molecule has 0 unspecified atom stereocenters. The lowest BCUT2D eigenvalue weighted by Crippen LogP contribution is -2.21. The zero-order valence-electron chi connectivity index (χ0n) is 14.1. The minimum atomic E-state index is -0.167. The zero-order chi connectivity index (χ0) is 18.7. The minimum Gasteiger partial charge on any atom is -0.488 e. The van der Waals surface area contributed by atoms with Crippen LogP contribution in [0.2, 0.25) is 0 Å². The van der Waals surface area contributed by atoms with Crippen molar-refractivity contribution >= 4 is 55.2 Å². The van der Waals surface area contributed by atoms with Crippen molar-refractivity contribution in [2.75, 3.05) is 11.6 Å². The van der Waals surface area contributed by atoms with Crippen LogP contribution in [0.1, 0.15) is 12.5 Å². The molecule has 1 aliphatic rings. The molecule has 0 atom stereocenters. The molecule has 1 heterocycles. The van der Waals surface area contributed by atoms with Crippen LogP contribution in [0.3, 0.4) is 0 Å². The Balaban J connectivity index is 2.02. The number of anilines is 1. The predicted octanol–water partition coefficient (Wildman–Crippen LogP) is 5.58. The van der Waals surface area contributed by atoms with E-state index in [0.717, 1.165) is 20.2 Å². The van der Waals surface area contributed by atoms with Gasteiger partial charge in [-0.3, -0.25) is 4.79 Å². The molecular formula is C20H16Br2N2O2. The van der Waals surface area contributed by atoms with Gasteiger partial charge in [0.25, 0.3) is 5.91 Å². The summed E-state index contributed by atoms with van der Waals surface area (Å²) in [6.45, 7) is 5.87. The molecule has 0 saturated carbocycles. The molecule has 0 aliphatic carbocycles. The molecule has 2 aromatic rings. The number of ether oxygens (including phenoxy) is 1. The summed E-state index contributed by atoms with van der Waals surface area (Å²) in [7, 11) is 0. The summed E-state index contributed by atoms with van der Waals surface area (Å²) >= 11 is 7.00. The highest BCUT2D eigenvalue weighted by Crippen LogP contribution is 2.35. The normalized spacial score (nSPS) is 15.3. The molecule has 0 fully saturated rings. The van der Waals surface area contributed by atoms with Crippen molar-refractivity contribution in [2.45, 2.75) is 6.92 Å². The van der Waals surface area contributed by atoms with Gasteiger partial charge in [-0.05, 0) is 53.2 Å². The van der Waals surface area contributed by atoms with E-state index in [1.165, 1.54) is 5.01 Å². The molecule has 0 aromatic heterocycles. The van der Waals surface area contributed by atoms with E-state index in [-0.39, 0.29) is 5.91 Å². The summed E-state index contributed by atoms with van der Waals surface area (Å²) in [6, 6.07) is 13.2. The Morgan fingerprint density at radius 2 is 1.96 bits per heavy atom. The van der Waals surface area contributed by atoms with Crippen molar-refractivity contribution in [3.63, 3.8) is 0 Å².